The fourth-order valence-corrected chi connectivity index (χ4v) is 1.80. The lowest BCUT2D eigenvalue weighted by molar-refractivity contribution is 0.282. The van der Waals surface area contributed by atoms with Gasteiger partial charge in [-0.15, -0.1) is 0 Å². The predicted molar refractivity (Wildman–Crippen MR) is 61.9 cm³/mol. The van der Waals surface area contributed by atoms with E-state index in [1.165, 1.54) is 0 Å². The molecule has 0 saturated carbocycles. The number of H-pyrrole nitrogens is 1. The SMILES string of the molecule is N#Cc1[nH]cc(Cl)c1-c1ccc(CO)cc1. The van der Waals surface area contributed by atoms with Crippen LogP contribution in [0, 0.1) is 11.3 Å². The zero-order valence-corrected chi connectivity index (χ0v) is 9.12. The van der Waals surface area contributed by atoms with E-state index >= 15 is 0 Å². The number of hydrogen-bond donors (Lipinski definition) is 2. The molecular formula is C12H9ClN2O. The first-order valence-electron chi connectivity index (χ1n) is 4.73. The summed E-state index contributed by atoms with van der Waals surface area (Å²) in [4.78, 5) is 2.81. The van der Waals surface area contributed by atoms with Gasteiger partial charge in [0.1, 0.15) is 11.8 Å². The van der Waals surface area contributed by atoms with Gasteiger partial charge in [0.05, 0.1) is 11.6 Å². The Kier molecular flexibility index (Phi) is 2.95. The number of benzene rings is 1. The predicted octanol–water partition coefficient (Wildman–Crippen LogP) is 2.70. The molecule has 4 heteroatoms. The van der Waals surface area contributed by atoms with Gasteiger partial charge in [0.15, 0.2) is 0 Å². The average molecular weight is 233 g/mol. The Morgan fingerprint density at radius 2 is 2.00 bits per heavy atom. The van der Waals surface area contributed by atoms with Crippen LogP contribution in [0.2, 0.25) is 5.02 Å². The molecule has 0 atom stereocenters. The van der Waals surface area contributed by atoms with E-state index in [0.29, 0.717) is 16.3 Å². The van der Waals surface area contributed by atoms with Crippen LogP contribution in [0.4, 0.5) is 0 Å². The topological polar surface area (TPSA) is 59.8 Å². The van der Waals surface area contributed by atoms with Crippen molar-refractivity contribution in [3.63, 3.8) is 0 Å². The number of aromatic amines is 1. The van der Waals surface area contributed by atoms with E-state index < -0.39 is 0 Å². The molecule has 1 aromatic carbocycles. The third-order valence-electron chi connectivity index (χ3n) is 2.37. The van der Waals surface area contributed by atoms with Crippen LogP contribution in [0.5, 0.6) is 0 Å². The average Bonchev–Trinajstić information content (AvgIpc) is 2.70. The minimum absolute atomic E-state index is 0.00621. The Balaban J connectivity index is 2.50. The molecule has 0 unspecified atom stereocenters. The molecule has 0 aliphatic heterocycles. The number of nitriles is 1. The molecule has 2 aromatic rings. The minimum Gasteiger partial charge on any atom is -0.392 e. The van der Waals surface area contributed by atoms with Crippen LogP contribution in [0.15, 0.2) is 30.5 Å². The number of rotatable bonds is 2. The number of hydrogen-bond acceptors (Lipinski definition) is 2. The van der Waals surface area contributed by atoms with Gasteiger partial charge in [0.2, 0.25) is 0 Å². The first kappa shape index (κ1) is 10.7. The summed E-state index contributed by atoms with van der Waals surface area (Å²) in [5.41, 5.74) is 2.84. The second-order valence-corrected chi connectivity index (χ2v) is 3.76. The van der Waals surface area contributed by atoms with Crippen LogP contribution in [0.3, 0.4) is 0 Å². The van der Waals surface area contributed by atoms with Crippen LogP contribution < -0.4 is 0 Å². The number of aliphatic hydroxyl groups excluding tert-OH is 1. The molecule has 1 aromatic heterocycles. The molecule has 2 rings (SSSR count). The van der Waals surface area contributed by atoms with Crippen molar-refractivity contribution >= 4 is 11.6 Å². The van der Waals surface area contributed by atoms with Gasteiger partial charge in [0.25, 0.3) is 0 Å². The van der Waals surface area contributed by atoms with Gasteiger partial charge >= 0.3 is 0 Å². The Morgan fingerprint density at radius 3 is 2.56 bits per heavy atom. The molecule has 1 heterocycles. The summed E-state index contributed by atoms with van der Waals surface area (Å²) in [6.07, 6.45) is 1.59. The molecule has 3 nitrogen and oxygen atoms in total. The molecule has 16 heavy (non-hydrogen) atoms. The number of aromatic nitrogens is 1. The Morgan fingerprint density at radius 1 is 1.31 bits per heavy atom. The van der Waals surface area contributed by atoms with Gasteiger partial charge in [-0.25, -0.2) is 0 Å². The van der Waals surface area contributed by atoms with Crippen molar-refractivity contribution in [3.8, 4) is 17.2 Å². The maximum Gasteiger partial charge on any atom is 0.127 e. The third-order valence-corrected chi connectivity index (χ3v) is 2.67. The van der Waals surface area contributed by atoms with Crippen molar-refractivity contribution in [3.05, 3.63) is 46.7 Å². The van der Waals surface area contributed by atoms with Crippen molar-refractivity contribution < 1.29 is 5.11 Å². The highest BCUT2D eigenvalue weighted by atomic mass is 35.5. The van der Waals surface area contributed by atoms with Crippen molar-refractivity contribution in [2.45, 2.75) is 6.61 Å². The highest BCUT2D eigenvalue weighted by Crippen LogP contribution is 2.30. The number of nitrogens with zero attached hydrogens (tertiary/aromatic N) is 1. The monoisotopic (exact) mass is 232 g/mol. The molecule has 2 N–H and O–H groups in total. The summed E-state index contributed by atoms with van der Waals surface area (Å²) in [5.74, 6) is 0. The summed E-state index contributed by atoms with van der Waals surface area (Å²) in [7, 11) is 0. The van der Waals surface area contributed by atoms with Gasteiger partial charge in [-0.05, 0) is 11.1 Å². The molecular weight excluding hydrogens is 224 g/mol. The lowest BCUT2D eigenvalue weighted by Gasteiger charge is -2.02. The second-order valence-electron chi connectivity index (χ2n) is 3.35. The van der Waals surface area contributed by atoms with Crippen LogP contribution in [0.1, 0.15) is 11.3 Å². The minimum atomic E-state index is 0.00621. The van der Waals surface area contributed by atoms with Gasteiger partial charge in [-0.1, -0.05) is 35.9 Å². The molecule has 0 bridgehead atoms. The molecule has 0 aliphatic carbocycles. The maximum atomic E-state index is 8.93. The smallest absolute Gasteiger partial charge is 0.127 e. The zero-order valence-electron chi connectivity index (χ0n) is 8.37. The number of aliphatic hydroxyl groups is 1. The van der Waals surface area contributed by atoms with Gasteiger partial charge < -0.3 is 10.1 Å². The Bertz CT molecular complexity index is 537. The fraction of sp³-hybridized carbons (Fsp3) is 0.0833. The van der Waals surface area contributed by atoms with Crippen molar-refractivity contribution in [1.82, 2.24) is 4.98 Å². The van der Waals surface area contributed by atoms with E-state index in [-0.39, 0.29) is 6.61 Å². The first-order chi connectivity index (χ1) is 7.76. The van der Waals surface area contributed by atoms with Crippen LogP contribution in [-0.2, 0) is 6.61 Å². The van der Waals surface area contributed by atoms with E-state index in [4.69, 9.17) is 22.0 Å². The maximum absolute atomic E-state index is 8.93. The van der Waals surface area contributed by atoms with Crippen LogP contribution in [0.25, 0.3) is 11.1 Å². The van der Waals surface area contributed by atoms with Gasteiger partial charge in [-0.2, -0.15) is 5.26 Å². The van der Waals surface area contributed by atoms with Crippen molar-refractivity contribution in [1.29, 1.82) is 5.26 Å². The van der Waals surface area contributed by atoms with Crippen LogP contribution in [-0.4, -0.2) is 10.1 Å². The second kappa shape index (κ2) is 4.40. The summed E-state index contributed by atoms with van der Waals surface area (Å²) < 4.78 is 0. The standard InChI is InChI=1S/C12H9ClN2O/c13-10-6-15-11(5-14)12(10)9-3-1-8(7-16)2-4-9/h1-4,6,15-16H,7H2. The van der Waals surface area contributed by atoms with E-state index in [1.807, 2.05) is 12.1 Å². The molecule has 0 aliphatic rings. The van der Waals surface area contributed by atoms with E-state index in [0.717, 1.165) is 11.1 Å². The zero-order chi connectivity index (χ0) is 11.5. The summed E-state index contributed by atoms with van der Waals surface area (Å²) in [6, 6.07) is 9.33. The first-order valence-corrected chi connectivity index (χ1v) is 5.11. The Hall–Kier alpha value is -1.76. The summed E-state index contributed by atoms with van der Waals surface area (Å²) >= 11 is 6.00. The number of nitrogens with one attached hydrogen (secondary N) is 1. The summed E-state index contributed by atoms with van der Waals surface area (Å²) in [5, 5.41) is 18.4. The lowest BCUT2D eigenvalue weighted by atomic mass is 10.0. The van der Waals surface area contributed by atoms with Gasteiger partial charge in [0, 0.05) is 11.8 Å². The highest BCUT2D eigenvalue weighted by Gasteiger charge is 2.11. The van der Waals surface area contributed by atoms with E-state index in [2.05, 4.69) is 11.1 Å². The third kappa shape index (κ3) is 1.81. The van der Waals surface area contributed by atoms with E-state index in [1.54, 1.807) is 18.3 Å². The van der Waals surface area contributed by atoms with Crippen LogP contribution >= 0.6 is 11.6 Å². The Labute approximate surface area is 97.9 Å². The number of halogens is 1. The lowest BCUT2D eigenvalue weighted by Crippen LogP contribution is -1.84. The molecule has 0 fully saturated rings. The van der Waals surface area contributed by atoms with Gasteiger partial charge in [-0.3, -0.25) is 0 Å². The molecule has 0 amide bonds. The molecule has 0 spiro atoms. The molecule has 0 saturated heterocycles. The fourth-order valence-electron chi connectivity index (χ4n) is 1.55. The quantitative estimate of drug-likeness (QED) is 0.836. The van der Waals surface area contributed by atoms with E-state index in [9.17, 15) is 0 Å². The highest BCUT2D eigenvalue weighted by molar-refractivity contribution is 6.33. The van der Waals surface area contributed by atoms with Crippen molar-refractivity contribution in [2.24, 2.45) is 0 Å². The normalized spacial score (nSPS) is 10.1. The molecule has 80 valence electrons. The van der Waals surface area contributed by atoms with Crippen molar-refractivity contribution in [2.75, 3.05) is 0 Å². The largest absolute Gasteiger partial charge is 0.392 e. The summed E-state index contributed by atoms with van der Waals surface area (Å²) in [6.45, 7) is 0.00621. The molecule has 0 radical (unpaired) electrons.